The van der Waals surface area contributed by atoms with Crippen LogP contribution in [0.15, 0.2) is 12.2 Å². The average Bonchev–Trinajstić information content (AvgIpc) is 2.87. The predicted molar refractivity (Wildman–Crippen MR) is 130 cm³/mol. The Kier molecular flexibility index (Phi) is 6.61. The van der Waals surface area contributed by atoms with Crippen LogP contribution in [0.1, 0.15) is 74.1 Å². The molecule has 0 aromatic carbocycles. The summed E-state index contributed by atoms with van der Waals surface area (Å²) < 4.78 is 23.7. The SMILES string of the molecule is C=C1C(=O)[C@@]23[C@H]([C@H](OC(C)=O)C[C@@H]1[C@@H]2OC(C)=O)[C@@]1(C)[C@H](C[C@H]3OC(C)=O)C(C)(C)CC[C@H]1OC(C)=O. The highest BCUT2D eigenvalue weighted by Crippen LogP contribution is 2.72. The second-order valence-corrected chi connectivity index (χ2v) is 12.2. The highest BCUT2D eigenvalue weighted by Gasteiger charge is 2.80. The number of hydrogen-bond donors (Lipinski definition) is 0. The third-order valence-corrected chi connectivity index (χ3v) is 9.66. The Hall–Kier alpha value is -2.71. The lowest BCUT2D eigenvalue weighted by atomic mass is 9.38. The number of Topliss-reactive ketones (excluding diaryl/α,β-unsaturated/α-hetero) is 1. The maximum atomic E-state index is 14.3. The molecule has 0 aromatic heterocycles. The van der Waals surface area contributed by atoms with Crippen molar-refractivity contribution >= 4 is 29.7 Å². The van der Waals surface area contributed by atoms with Crippen molar-refractivity contribution < 1.29 is 42.9 Å². The molecule has 0 radical (unpaired) electrons. The molecule has 2 bridgehead atoms. The van der Waals surface area contributed by atoms with Gasteiger partial charge in [0.1, 0.15) is 29.8 Å². The molecule has 9 heteroatoms. The molecule has 1 spiro atoms. The van der Waals surface area contributed by atoms with Crippen molar-refractivity contribution in [3.63, 3.8) is 0 Å². The zero-order valence-electron chi connectivity index (χ0n) is 22.8. The Balaban J connectivity index is 2.05. The standard InChI is InChI=1S/C28H38O9/c1-13-18-11-19(34-14(2)29)23-27(8)20(26(6,7)10-9-21(27)35-15(3)30)12-22(36-16(4)31)28(23,24(13)33)25(18)37-17(5)32/h18-23,25H,1,9-12H2,2-8H3/t18-,19+,20+,21+,22+,23+,25-,27-,28+/m0/s1. The van der Waals surface area contributed by atoms with Crippen LogP contribution >= 0.6 is 0 Å². The molecular formula is C28H38O9. The van der Waals surface area contributed by atoms with E-state index in [0.29, 0.717) is 12.8 Å². The average molecular weight is 519 g/mol. The number of ether oxygens (including phenoxy) is 4. The first kappa shape index (κ1) is 27.3. The van der Waals surface area contributed by atoms with Gasteiger partial charge in [-0.25, -0.2) is 0 Å². The van der Waals surface area contributed by atoms with E-state index in [0.717, 1.165) is 6.42 Å². The molecule has 9 atom stereocenters. The molecule has 4 saturated carbocycles. The van der Waals surface area contributed by atoms with Crippen molar-refractivity contribution in [3.05, 3.63) is 12.2 Å². The molecule has 0 saturated heterocycles. The van der Waals surface area contributed by atoms with Crippen molar-refractivity contribution in [1.82, 2.24) is 0 Å². The fraction of sp³-hybridized carbons (Fsp3) is 0.750. The van der Waals surface area contributed by atoms with Gasteiger partial charge in [-0.1, -0.05) is 27.4 Å². The first-order valence-electron chi connectivity index (χ1n) is 13.0. The Bertz CT molecular complexity index is 1060. The summed E-state index contributed by atoms with van der Waals surface area (Å²) >= 11 is 0. The van der Waals surface area contributed by atoms with Gasteiger partial charge in [0.15, 0.2) is 5.78 Å². The van der Waals surface area contributed by atoms with Gasteiger partial charge in [0.25, 0.3) is 0 Å². The monoisotopic (exact) mass is 518 g/mol. The van der Waals surface area contributed by atoms with Crippen LogP contribution < -0.4 is 0 Å². The topological polar surface area (TPSA) is 122 Å². The summed E-state index contributed by atoms with van der Waals surface area (Å²) in [6, 6.07) is 0. The van der Waals surface area contributed by atoms with E-state index in [1.807, 2.05) is 6.92 Å². The Morgan fingerprint density at radius 2 is 1.35 bits per heavy atom. The summed E-state index contributed by atoms with van der Waals surface area (Å²) in [4.78, 5) is 63.8. The quantitative estimate of drug-likeness (QED) is 0.313. The van der Waals surface area contributed by atoms with Crippen LogP contribution in [0.4, 0.5) is 0 Å². The number of hydrogen-bond acceptors (Lipinski definition) is 9. The molecule has 0 unspecified atom stereocenters. The van der Waals surface area contributed by atoms with Crippen LogP contribution in [0.3, 0.4) is 0 Å². The van der Waals surface area contributed by atoms with E-state index < -0.39 is 71.0 Å². The fourth-order valence-electron chi connectivity index (χ4n) is 8.69. The summed E-state index contributed by atoms with van der Waals surface area (Å²) in [7, 11) is 0. The third kappa shape index (κ3) is 3.91. The summed E-state index contributed by atoms with van der Waals surface area (Å²) in [6.07, 6.45) is -1.44. The number of carbonyl (C=O) groups is 5. The molecule has 4 rings (SSSR count). The molecular weight excluding hydrogens is 480 g/mol. The smallest absolute Gasteiger partial charge is 0.302 e. The number of ketones is 1. The lowest BCUT2D eigenvalue weighted by molar-refractivity contribution is -0.283. The van der Waals surface area contributed by atoms with Gasteiger partial charge in [0.05, 0.1) is 0 Å². The molecule has 9 nitrogen and oxygen atoms in total. The summed E-state index contributed by atoms with van der Waals surface area (Å²) in [5.41, 5.74) is -2.41. The molecule has 0 aliphatic heterocycles. The van der Waals surface area contributed by atoms with E-state index in [4.69, 9.17) is 18.9 Å². The Labute approximate surface area is 217 Å². The molecule has 0 heterocycles. The number of esters is 4. The molecule has 37 heavy (non-hydrogen) atoms. The predicted octanol–water partition coefficient (Wildman–Crippen LogP) is 3.32. The maximum Gasteiger partial charge on any atom is 0.302 e. The molecule has 204 valence electrons. The van der Waals surface area contributed by atoms with E-state index in [-0.39, 0.29) is 29.1 Å². The van der Waals surface area contributed by atoms with Gasteiger partial charge < -0.3 is 18.9 Å². The maximum absolute atomic E-state index is 14.3. The lowest BCUT2D eigenvalue weighted by Gasteiger charge is -2.67. The van der Waals surface area contributed by atoms with Gasteiger partial charge in [0.2, 0.25) is 0 Å². The van der Waals surface area contributed by atoms with Crippen molar-refractivity contribution in [1.29, 1.82) is 0 Å². The van der Waals surface area contributed by atoms with Crippen LogP contribution in [-0.2, 0) is 42.9 Å². The molecule has 0 N–H and O–H groups in total. The van der Waals surface area contributed by atoms with E-state index in [2.05, 4.69) is 20.4 Å². The second kappa shape index (κ2) is 8.95. The largest absolute Gasteiger partial charge is 0.462 e. The summed E-state index contributed by atoms with van der Waals surface area (Å²) in [6.45, 7) is 15.5. The number of carbonyl (C=O) groups excluding carboxylic acids is 5. The van der Waals surface area contributed by atoms with Gasteiger partial charge in [0, 0.05) is 44.9 Å². The van der Waals surface area contributed by atoms with Crippen molar-refractivity contribution in [2.75, 3.05) is 0 Å². The molecule has 4 fully saturated rings. The highest BCUT2D eigenvalue weighted by atomic mass is 16.6. The van der Waals surface area contributed by atoms with Crippen molar-refractivity contribution in [2.45, 2.75) is 98.6 Å². The van der Waals surface area contributed by atoms with E-state index in [1.54, 1.807) is 0 Å². The summed E-state index contributed by atoms with van der Waals surface area (Å²) in [5.74, 6) is -3.98. The zero-order valence-corrected chi connectivity index (χ0v) is 22.8. The van der Waals surface area contributed by atoms with Gasteiger partial charge in [-0.3, -0.25) is 24.0 Å². The summed E-state index contributed by atoms with van der Waals surface area (Å²) in [5, 5.41) is 0. The van der Waals surface area contributed by atoms with Crippen LogP contribution in [-0.4, -0.2) is 54.1 Å². The van der Waals surface area contributed by atoms with E-state index in [1.165, 1.54) is 27.7 Å². The van der Waals surface area contributed by atoms with E-state index in [9.17, 15) is 24.0 Å². The zero-order chi connectivity index (χ0) is 27.7. The Morgan fingerprint density at radius 1 is 0.811 bits per heavy atom. The van der Waals surface area contributed by atoms with Crippen molar-refractivity contribution in [2.24, 2.45) is 34.0 Å². The van der Waals surface area contributed by atoms with Crippen LogP contribution in [0.5, 0.6) is 0 Å². The number of fused-ring (bicyclic) bond motifs is 3. The molecule has 0 amide bonds. The molecule has 4 aliphatic carbocycles. The number of rotatable bonds is 4. The Morgan fingerprint density at radius 3 is 1.89 bits per heavy atom. The first-order chi connectivity index (χ1) is 17.1. The van der Waals surface area contributed by atoms with Crippen molar-refractivity contribution in [3.8, 4) is 0 Å². The molecule has 4 aliphatic rings. The minimum absolute atomic E-state index is 0.174. The van der Waals surface area contributed by atoms with Gasteiger partial charge >= 0.3 is 23.9 Å². The fourth-order valence-corrected chi connectivity index (χ4v) is 8.69. The minimum Gasteiger partial charge on any atom is -0.462 e. The van der Waals surface area contributed by atoms with Gasteiger partial charge in [-0.05, 0) is 42.6 Å². The van der Waals surface area contributed by atoms with Crippen LogP contribution in [0.2, 0.25) is 0 Å². The second-order valence-electron chi connectivity index (χ2n) is 12.2. The normalized spacial score (nSPS) is 41.6. The van der Waals surface area contributed by atoms with Crippen LogP contribution in [0.25, 0.3) is 0 Å². The van der Waals surface area contributed by atoms with Gasteiger partial charge in [-0.2, -0.15) is 0 Å². The molecule has 0 aromatic rings. The minimum atomic E-state index is -1.53. The highest BCUT2D eigenvalue weighted by molar-refractivity contribution is 6.05. The van der Waals surface area contributed by atoms with Gasteiger partial charge in [-0.15, -0.1) is 0 Å². The third-order valence-electron chi connectivity index (χ3n) is 9.66. The van der Waals surface area contributed by atoms with Crippen LogP contribution in [0, 0.1) is 34.0 Å². The lowest BCUT2D eigenvalue weighted by Crippen LogP contribution is -2.74. The first-order valence-corrected chi connectivity index (χ1v) is 13.0. The van der Waals surface area contributed by atoms with E-state index >= 15 is 0 Å².